The fourth-order valence-corrected chi connectivity index (χ4v) is 2.01. The second-order valence-electron chi connectivity index (χ2n) is 4.19. The number of carbonyl (C=O) groups is 1. The highest BCUT2D eigenvalue weighted by Gasteiger charge is 2.20. The van der Waals surface area contributed by atoms with Gasteiger partial charge in [-0.2, -0.15) is 0 Å². The minimum atomic E-state index is 0.152. The predicted molar refractivity (Wildman–Crippen MR) is 53.2 cm³/mol. The molecule has 1 fully saturated rings. The van der Waals surface area contributed by atoms with Crippen molar-refractivity contribution in [1.29, 1.82) is 0 Å². The maximum absolute atomic E-state index is 11.0. The van der Waals surface area contributed by atoms with Gasteiger partial charge in [-0.25, -0.2) is 0 Å². The van der Waals surface area contributed by atoms with E-state index in [0.717, 1.165) is 19.4 Å². The van der Waals surface area contributed by atoms with Crippen molar-refractivity contribution >= 4 is 5.91 Å². The minimum absolute atomic E-state index is 0.152. The van der Waals surface area contributed by atoms with E-state index in [1.54, 1.807) is 11.8 Å². The smallest absolute Gasteiger partial charge is 0.219 e. The fraction of sp³-hybridized carbons (Fsp3) is 0.900. The number of hydrogen-bond acceptors (Lipinski definition) is 2. The first-order chi connectivity index (χ1) is 6.09. The van der Waals surface area contributed by atoms with Gasteiger partial charge in [-0.05, 0) is 25.2 Å². The first-order valence-corrected chi connectivity index (χ1v) is 5.07. The molecule has 0 aliphatic heterocycles. The molecule has 0 aromatic rings. The van der Waals surface area contributed by atoms with Crippen LogP contribution in [0.1, 0.15) is 32.6 Å². The predicted octanol–water partition coefficient (Wildman–Crippen LogP) is 0.982. The highest BCUT2D eigenvalue weighted by Crippen LogP contribution is 2.23. The van der Waals surface area contributed by atoms with Crippen molar-refractivity contribution in [3.05, 3.63) is 0 Å². The summed E-state index contributed by atoms with van der Waals surface area (Å²) in [6.07, 6.45) is 4.68. The van der Waals surface area contributed by atoms with E-state index in [9.17, 15) is 4.79 Å². The van der Waals surface area contributed by atoms with Gasteiger partial charge in [0.1, 0.15) is 0 Å². The second-order valence-corrected chi connectivity index (χ2v) is 4.19. The van der Waals surface area contributed by atoms with Gasteiger partial charge in [0, 0.05) is 26.6 Å². The molecule has 1 aliphatic rings. The van der Waals surface area contributed by atoms with Gasteiger partial charge in [0.2, 0.25) is 5.91 Å². The van der Waals surface area contributed by atoms with Crippen LogP contribution >= 0.6 is 0 Å². The van der Waals surface area contributed by atoms with Crippen LogP contribution in [0.4, 0.5) is 0 Å². The largest absolute Gasteiger partial charge is 0.346 e. The number of amides is 1. The zero-order valence-electron chi connectivity index (χ0n) is 8.62. The Morgan fingerprint density at radius 1 is 1.54 bits per heavy atom. The number of hydrogen-bond donors (Lipinski definition) is 1. The lowest BCUT2D eigenvalue weighted by molar-refractivity contribution is -0.128. The lowest BCUT2D eigenvalue weighted by Crippen LogP contribution is -2.35. The van der Waals surface area contributed by atoms with Crippen molar-refractivity contribution in [1.82, 2.24) is 4.90 Å². The van der Waals surface area contributed by atoms with Crippen molar-refractivity contribution in [2.24, 2.45) is 11.7 Å². The molecule has 3 heteroatoms. The summed E-state index contributed by atoms with van der Waals surface area (Å²) in [6, 6.07) is 0.360. The molecule has 76 valence electrons. The highest BCUT2D eigenvalue weighted by molar-refractivity contribution is 5.72. The van der Waals surface area contributed by atoms with Gasteiger partial charge < -0.3 is 10.6 Å². The highest BCUT2D eigenvalue weighted by atomic mass is 16.2. The monoisotopic (exact) mass is 184 g/mol. The first-order valence-electron chi connectivity index (χ1n) is 5.07. The molecular weight excluding hydrogens is 164 g/mol. The zero-order chi connectivity index (χ0) is 9.84. The lowest BCUT2D eigenvalue weighted by Gasteiger charge is -2.29. The molecule has 1 amide bonds. The van der Waals surface area contributed by atoms with E-state index >= 15 is 0 Å². The van der Waals surface area contributed by atoms with Crippen LogP contribution in [0.5, 0.6) is 0 Å². The standard InChI is InChI=1S/C10H20N2O/c1-8(13)12(2)7-9-4-3-5-10(11)6-9/h9-10H,3-7,11H2,1-2H3. The Morgan fingerprint density at radius 3 is 2.77 bits per heavy atom. The SMILES string of the molecule is CC(=O)N(C)CC1CCCC(N)C1. The maximum atomic E-state index is 11.0. The number of nitrogens with two attached hydrogens (primary N) is 1. The van der Waals surface area contributed by atoms with Crippen LogP contribution in [0, 0.1) is 5.92 Å². The van der Waals surface area contributed by atoms with Crippen molar-refractivity contribution < 1.29 is 4.79 Å². The number of rotatable bonds is 2. The lowest BCUT2D eigenvalue weighted by atomic mass is 9.86. The summed E-state index contributed by atoms with van der Waals surface area (Å²) in [6.45, 7) is 2.49. The first kappa shape index (κ1) is 10.5. The van der Waals surface area contributed by atoms with Crippen LogP contribution in [0.3, 0.4) is 0 Å². The normalized spacial score (nSPS) is 28.5. The summed E-state index contributed by atoms with van der Waals surface area (Å²) in [4.78, 5) is 12.8. The molecule has 0 aromatic carbocycles. The Hall–Kier alpha value is -0.570. The Morgan fingerprint density at radius 2 is 2.23 bits per heavy atom. The Kier molecular flexibility index (Phi) is 3.72. The summed E-state index contributed by atoms with van der Waals surface area (Å²) in [5.41, 5.74) is 5.87. The molecule has 13 heavy (non-hydrogen) atoms. The van der Waals surface area contributed by atoms with E-state index in [2.05, 4.69) is 0 Å². The quantitative estimate of drug-likeness (QED) is 0.695. The van der Waals surface area contributed by atoms with Crippen LogP contribution in [-0.4, -0.2) is 30.4 Å². The zero-order valence-corrected chi connectivity index (χ0v) is 8.62. The summed E-state index contributed by atoms with van der Waals surface area (Å²) in [7, 11) is 1.86. The van der Waals surface area contributed by atoms with Crippen molar-refractivity contribution in [2.45, 2.75) is 38.6 Å². The third kappa shape index (κ3) is 3.35. The molecule has 3 nitrogen and oxygen atoms in total. The van der Waals surface area contributed by atoms with Crippen molar-refractivity contribution in [2.75, 3.05) is 13.6 Å². The topological polar surface area (TPSA) is 46.3 Å². The van der Waals surface area contributed by atoms with Gasteiger partial charge in [-0.3, -0.25) is 4.79 Å². The molecule has 1 saturated carbocycles. The molecule has 1 rings (SSSR count). The van der Waals surface area contributed by atoms with Crippen LogP contribution < -0.4 is 5.73 Å². The summed E-state index contributed by atoms with van der Waals surface area (Å²) in [5, 5.41) is 0. The van der Waals surface area contributed by atoms with E-state index in [-0.39, 0.29) is 5.91 Å². The molecule has 0 radical (unpaired) electrons. The van der Waals surface area contributed by atoms with E-state index in [1.165, 1.54) is 12.8 Å². The number of carbonyl (C=O) groups excluding carboxylic acids is 1. The van der Waals surface area contributed by atoms with Crippen LogP contribution in [0.15, 0.2) is 0 Å². The summed E-state index contributed by atoms with van der Waals surface area (Å²) in [5.74, 6) is 0.775. The molecule has 0 saturated heterocycles. The minimum Gasteiger partial charge on any atom is -0.346 e. The molecule has 2 unspecified atom stereocenters. The molecule has 2 atom stereocenters. The van der Waals surface area contributed by atoms with Gasteiger partial charge in [0.05, 0.1) is 0 Å². The molecule has 2 N–H and O–H groups in total. The van der Waals surface area contributed by atoms with Crippen LogP contribution in [-0.2, 0) is 4.79 Å². The Labute approximate surface area is 80.3 Å². The molecule has 0 spiro atoms. The third-order valence-corrected chi connectivity index (χ3v) is 2.89. The van der Waals surface area contributed by atoms with Gasteiger partial charge in [0.25, 0.3) is 0 Å². The van der Waals surface area contributed by atoms with Crippen molar-refractivity contribution in [3.63, 3.8) is 0 Å². The average molecular weight is 184 g/mol. The summed E-state index contributed by atoms with van der Waals surface area (Å²) >= 11 is 0. The van der Waals surface area contributed by atoms with E-state index in [4.69, 9.17) is 5.73 Å². The van der Waals surface area contributed by atoms with Crippen molar-refractivity contribution in [3.8, 4) is 0 Å². The van der Waals surface area contributed by atoms with Gasteiger partial charge in [0.15, 0.2) is 0 Å². The van der Waals surface area contributed by atoms with Gasteiger partial charge in [-0.15, -0.1) is 0 Å². The van der Waals surface area contributed by atoms with Crippen LogP contribution in [0.2, 0.25) is 0 Å². The summed E-state index contributed by atoms with van der Waals surface area (Å²) < 4.78 is 0. The molecule has 1 aliphatic carbocycles. The Balaban J connectivity index is 2.31. The second kappa shape index (κ2) is 4.61. The number of nitrogens with zero attached hydrogens (tertiary/aromatic N) is 1. The molecule has 0 heterocycles. The van der Waals surface area contributed by atoms with E-state index < -0.39 is 0 Å². The maximum Gasteiger partial charge on any atom is 0.219 e. The van der Waals surface area contributed by atoms with Gasteiger partial charge >= 0.3 is 0 Å². The van der Waals surface area contributed by atoms with Crippen LogP contribution in [0.25, 0.3) is 0 Å². The fourth-order valence-electron chi connectivity index (χ4n) is 2.01. The average Bonchev–Trinajstić information content (AvgIpc) is 2.04. The Bertz CT molecular complexity index is 182. The molecule has 0 bridgehead atoms. The molecular formula is C10H20N2O. The van der Waals surface area contributed by atoms with E-state index in [0.29, 0.717) is 12.0 Å². The van der Waals surface area contributed by atoms with Gasteiger partial charge in [-0.1, -0.05) is 6.42 Å². The third-order valence-electron chi connectivity index (χ3n) is 2.89. The van der Waals surface area contributed by atoms with E-state index in [1.807, 2.05) is 7.05 Å². The molecule has 0 aromatic heterocycles.